The Bertz CT molecular complexity index is 353. The van der Waals surface area contributed by atoms with Gasteiger partial charge in [0.2, 0.25) is 0 Å². The van der Waals surface area contributed by atoms with Crippen LogP contribution in [0.1, 0.15) is 34.6 Å². The van der Waals surface area contributed by atoms with Gasteiger partial charge in [-0.05, 0) is 44.4 Å². The highest BCUT2D eigenvalue weighted by atomic mass is 14.7. The summed E-state index contributed by atoms with van der Waals surface area (Å²) in [5.74, 6) is 0.298. The van der Waals surface area contributed by atoms with E-state index in [1.54, 1.807) is 0 Å². The molecule has 0 saturated heterocycles. The van der Waals surface area contributed by atoms with Crippen LogP contribution >= 0.6 is 0 Å². The molecule has 4 N–H and O–H groups in total. The van der Waals surface area contributed by atoms with Gasteiger partial charge < -0.3 is 11.5 Å². The summed E-state index contributed by atoms with van der Waals surface area (Å²) in [6.45, 7) is 10.4. The van der Waals surface area contributed by atoms with Crippen LogP contribution in [-0.2, 0) is 0 Å². The van der Waals surface area contributed by atoms with Gasteiger partial charge >= 0.3 is 0 Å². The molecule has 0 heterocycles. The number of hydrogen-bond donors (Lipinski definition) is 2. The van der Waals surface area contributed by atoms with Gasteiger partial charge in [-0.15, -0.1) is 0 Å². The van der Waals surface area contributed by atoms with Gasteiger partial charge in [0.25, 0.3) is 0 Å². The second-order valence-electron chi connectivity index (χ2n) is 4.25. The molecule has 78 valence electrons. The van der Waals surface area contributed by atoms with Crippen LogP contribution in [0.25, 0.3) is 0 Å². The fraction of sp³-hybridized carbons (Fsp3) is 0.500. The van der Waals surface area contributed by atoms with Crippen molar-refractivity contribution in [3.05, 3.63) is 33.7 Å². The highest BCUT2D eigenvalue weighted by Crippen LogP contribution is 2.35. The van der Waals surface area contributed by atoms with E-state index in [0.717, 1.165) is 17.0 Å². The topological polar surface area (TPSA) is 52.0 Å². The molecule has 1 unspecified atom stereocenters. The third-order valence-electron chi connectivity index (χ3n) is 3.08. The van der Waals surface area contributed by atoms with E-state index in [9.17, 15) is 0 Å². The molecule has 0 radical (unpaired) electrons. The van der Waals surface area contributed by atoms with Crippen molar-refractivity contribution in [1.82, 2.24) is 0 Å². The summed E-state index contributed by atoms with van der Waals surface area (Å²) in [7, 11) is 0. The maximum atomic E-state index is 6.03. The minimum atomic E-state index is 0.298. The second kappa shape index (κ2) is 3.52. The quantitative estimate of drug-likeness (QED) is 0.619. The van der Waals surface area contributed by atoms with Gasteiger partial charge in [0.15, 0.2) is 0 Å². The minimum absolute atomic E-state index is 0.298. The Morgan fingerprint density at radius 1 is 1.07 bits per heavy atom. The summed E-state index contributed by atoms with van der Waals surface area (Å²) in [5, 5.41) is 0. The van der Waals surface area contributed by atoms with Gasteiger partial charge in [-0.3, -0.25) is 0 Å². The lowest BCUT2D eigenvalue weighted by Crippen LogP contribution is -2.23. The molecule has 2 heteroatoms. The van der Waals surface area contributed by atoms with Crippen molar-refractivity contribution in [2.45, 2.75) is 34.6 Å². The average Bonchev–Trinajstić information content (AvgIpc) is 2.11. The molecule has 1 rings (SSSR count). The monoisotopic (exact) mass is 192 g/mol. The molecule has 0 spiro atoms. The Morgan fingerprint density at radius 3 is 2.00 bits per heavy atom. The molecule has 1 atom stereocenters. The zero-order chi connectivity index (χ0) is 11.0. The van der Waals surface area contributed by atoms with Crippen molar-refractivity contribution < 1.29 is 0 Å². The Hall–Kier alpha value is -1.18. The molecular weight excluding hydrogens is 172 g/mol. The average molecular weight is 192 g/mol. The SMILES string of the molecule is CC(C)=C1C(C)=C(N)C(C)=C(N)C1C. The Kier molecular flexibility index (Phi) is 2.74. The van der Waals surface area contributed by atoms with Crippen molar-refractivity contribution in [3.8, 4) is 0 Å². The molecule has 0 aliphatic heterocycles. The maximum absolute atomic E-state index is 6.03. The van der Waals surface area contributed by atoms with Gasteiger partial charge in [-0.2, -0.15) is 0 Å². The lowest BCUT2D eigenvalue weighted by molar-refractivity contribution is 0.749. The summed E-state index contributed by atoms with van der Waals surface area (Å²) >= 11 is 0. The molecule has 0 aromatic carbocycles. The van der Waals surface area contributed by atoms with Crippen LogP contribution in [0.15, 0.2) is 33.7 Å². The maximum Gasteiger partial charge on any atom is 0.0393 e. The molecule has 0 saturated carbocycles. The number of allylic oxidation sites excluding steroid dienone is 4. The highest BCUT2D eigenvalue weighted by Gasteiger charge is 2.24. The first-order valence-corrected chi connectivity index (χ1v) is 4.98. The summed E-state index contributed by atoms with van der Waals surface area (Å²) < 4.78 is 0. The number of rotatable bonds is 0. The van der Waals surface area contributed by atoms with Crippen LogP contribution in [0, 0.1) is 5.92 Å². The van der Waals surface area contributed by atoms with E-state index in [4.69, 9.17) is 11.5 Å². The van der Waals surface area contributed by atoms with Crippen LogP contribution in [0.4, 0.5) is 0 Å². The normalized spacial score (nSPS) is 23.2. The van der Waals surface area contributed by atoms with E-state index < -0.39 is 0 Å². The predicted octanol–water partition coefficient (Wildman–Crippen LogP) is 2.44. The standard InChI is InChI=1S/C12H20N2/c1-6(2)10-7(3)11(13)9(5)12(14)8(10)4/h7H,13-14H2,1-5H3. The zero-order valence-corrected chi connectivity index (χ0v) is 9.73. The molecule has 1 aliphatic rings. The van der Waals surface area contributed by atoms with Crippen molar-refractivity contribution in [3.63, 3.8) is 0 Å². The van der Waals surface area contributed by atoms with Crippen LogP contribution < -0.4 is 11.5 Å². The predicted molar refractivity (Wildman–Crippen MR) is 61.3 cm³/mol. The first-order valence-electron chi connectivity index (χ1n) is 4.98. The summed E-state index contributed by atoms with van der Waals surface area (Å²) in [5.41, 5.74) is 18.6. The zero-order valence-electron chi connectivity index (χ0n) is 9.73. The van der Waals surface area contributed by atoms with E-state index in [2.05, 4.69) is 27.7 Å². The van der Waals surface area contributed by atoms with E-state index in [0.29, 0.717) is 5.92 Å². The van der Waals surface area contributed by atoms with E-state index in [1.165, 1.54) is 16.7 Å². The largest absolute Gasteiger partial charge is 0.401 e. The fourth-order valence-electron chi connectivity index (χ4n) is 2.19. The van der Waals surface area contributed by atoms with Crippen LogP contribution in [0.5, 0.6) is 0 Å². The highest BCUT2D eigenvalue weighted by molar-refractivity contribution is 5.52. The van der Waals surface area contributed by atoms with E-state index in [1.807, 2.05) is 6.92 Å². The number of hydrogen-bond acceptors (Lipinski definition) is 2. The van der Waals surface area contributed by atoms with Gasteiger partial charge in [-0.25, -0.2) is 0 Å². The van der Waals surface area contributed by atoms with Gasteiger partial charge in [0, 0.05) is 17.3 Å². The Balaban J connectivity index is 3.42. The van der Waals surface area contributed by atoms with Crippen LogP contribution in [-0.4, -0.2) is 0 Å². The van der Waals surface area contributed by atoms with Gasteiger partial charge in [0.1, 0.15) is 0 Å². The minimum Gasteiger partial charge on any atom is -0.401 e. The van der Waals surface area contributed by atoms with Crippen molar-refractivity contribution in [1.29, 1.82) is 0 Å². The lowest BCUT2D eigenvalue weighted by atomic mass is 9.81. The van der Waals surface area contributed by atoms with E-state index in [-0.39, 0.29) is 0 Å². The van der Waals surface area contributed by atoms with Crippen LogP contribution in [0.2, 0.25) is 0 Å². The van der Waals surface area contributed by atoms with Gasteiger partial charge in [-0.1, -0.05) is 12.5 Å². The lowest BCUT2D eigenvalue weighted by Gasteiger charge is -2.28. The molecular formula is C12H20N2. The molecule has 0 fully saturated rings. The summed E-state index contributed by atoms with van der Waals surface area (Å²) in [6, 6.07) is 0. The first-order chi connectivity index (χ1) is 6.37. The smallest absolute Gasteiger partial charge is 0.0393 e. The summed E-state index contributed by atoms with van der Waals surface area (Å²) in [6.07, 6.45) is 0. The Labute approximate surface area is 86.4 Å². The van der Waals surface area contributed by atoms with E-state index >= 15 is 0 Å². The molecule has 0 aromatic rings. The molecule has 2 nitrogen and oxygen atoms in total. The number of nitrogens with two attached hydrogens (primary N) is 2. The van der Waals surface area contributed by atoms with Crippen LogP contribution in [0.3, 0.4) is 0 Å². The fourth-order valence-corrected chi connectivity index (χ4v) is 2.19. The third-order valence-corrected chi connectivity index (χ3v) is 3.08. The first kappa shape index (κ1) is 10.9. The molecule has 14 heavy (non-hydrogen) atoms. The summed E-state index contributed by atoms with van der Waals surface area (Å²) in [4.78, 5) is 0. The molecule has 1 aliphatic carbocycles. The molecule has 0 bridgehead atoms. The Morgan fingerprint density at radius 2 is 1.57 bits per heavy atom. The van der Waals surface area contributed by atoms with Crippen molar-refractivity contribution in [2.24, 2.45) is 17.4 Å². The van der Waals surface area contributed by atoms with Gasteiger partial charge in [0.05, 0.1) is 0 Å². The molecule has 0 aromatic heterocycles. The van der Waals surface area contributed by atoms with Crippen molar-refractivity contribution >= 4 is 0 Å². The second-order valence-corrected chi connectivity index (χ2v) is 4.25. The third kappa shape index (κ3) is 1.45. The molecule has 0 amide bonds. The van der Waals surface area contributed by atoms with Crippen molar-refractivity contribution in [2.75, 3.05) is 0 Å².